The van der Waals surface area contributed by atoms with Crippen molar-refractivity contribution in [3.63, 3.8) is 0 Å². The average molecular weight is 433 g/mol. The lowest BCUT2D eigenvalue weighted by Crippen LogP contribution is -2.34. The van der Waals surface area contributed by atoms with Crippen molar-refractivity contribution in [1.82, 2.24) is 9.13 Å². The van der Waals surface area contributed by atoms with Crippen LogP contribution in [0.3, 0.4) is 0 Å². The number of nitrogens with one attached hydrogen (secondary N) is 1. The Morgan fingerprint density at radius 1 is 0.839 bits per heavy atom. The Bertz CT molecular complexity index is 1050. The van der Waals surface area contributed by atoms with Crippen molar-refractivity contribution >= 4 is 29.8 Å². The number of carbonyl (C=O) groups is 4. The number of benzene rings is 1. The highest BCUT2D eigenvalue weighted by atomic mass is 16.6. The summed E-state index contributed by atoms with van der Waals surface area (Å²) in [6.07, 6.45) is -2.77. The molecule has 1 amide bonds. The molecule has 11 heteroatoms. The standard InChI is InChI=1S/C20H23N3O8/c1-5-29-17(25)21-14-10-8-13(9-11-14)16(24)15-12(4)22(19(27)30-6-2)18(26)23(15)20(28)31-7-3/h8-11H,5-7H2,1-4H3,(H,21,25). The monoisotopic (exact) mass is 433 g/mol. The lowest BCUT2D eigenvalue weighted by molar-refractivity contribution is 0.102. The number of amides is 1. The van der Waals surface area contributed by atoms with Gasteiger partial charge in [0.2, 0.25) is 5.78 Å². The van der Waals surface area contributed by atoms with Gasteiger partial charge in [-0.1, -0.05) is 0 Å². The first kappa shape index (κ1) is 23.4. The Hall–Kier alpha value is -3.89. The first-order valence-corrected chi connectivity index (χ1v) is 9.53. The van der Waals surface area contributed by atoms with Gasteiger partial charge in [0.1, 0.15) is 5.69 Å². The van der Waals surface area contributed by atoms with Crippen molar-refractivity contribution < 1.29 is 33.4 Å². The molecule has 0 saturated carbocycles. The highest BCUT2D eigenvalue weighted by molar-refractivity contribution is 6.10. The molecule has 0 aliphatic carbocycles. The predicted octanol–water partition coefficient (Wildman–Crippen LogP) is 2.77. The molecular formula is C20H23N3O8. The van der Waals surface area contributed by atoms with Crippen LogP contribution in [0.4, 0.5) is 20.1 Å². The van der Waals surface area contributed by atoms with E-state index in [1.807, 2.05) is 0 Å². The van der Waals surface area contributed by atoms with Crippen LogP contribution in [0, 0.1) is 6.92 Å². The van der Waals surface area contributed by atoms with Crippen LogP contribution in [0.15, 0.2) is 29.1 Å². The van der Waals surface area contributed by atoms with E-state index in [0.717, 1.165) is 0 Å². The molecule has 0 unspecified atom stereocenters. The van der Waals surface area contributed by atoms with Crippen LogP contribution in [0.2, 0.25) is 0 Å². The maximum Gasteiger partial charge on any atom is 0.422 e. The predicted molar refractivity (Wildman–Crippen MR) is 109 cm³/mol. The van der Waals surface area contributed by atoms with Gasteiger partial charge in [-0.2, -0.15) is 9.13 Å². The SMILES string of the molecule is CCOC(=O)Nc1ccc(C(=O)c2c(C)n(C(=O)OCC)c(=O)n2C(=O)OCC)cc1. The van der Waals surface area contributed by atoms with Crippen molar-refractivity contribution in [1.29, 1.82) is 0 Å². The fourth-order valence-electron chi connectivity index (χ4n) is 2.76. The second-order valence-electron chi connectivity index (χ2n) is 6.04. The summed E-state index contributed by atoms with van der Waals surface area (Å²) in [5, 5.41) is 2.48. The van der Waals surface area contributed by atoms with Crippen molar-refractivity contribution in [3.8, 4) is 0 Å². The van der Waals surface area contributed by atoms with Crippen LogP contribution in [0.1, 0.15) is 42.5 Å². The third kappa shape index (κ3) is 5.00. The largest absolute Gasteiger partial charge is 0.450 e. The Balaban J connectivity index is 2.50. The molecule has 0 saturated heterocycles. The Kier molecular flexibility index (Phi) is 7.72. The quantitative estimate of drug-likeness (QED) is 0.543. The molecule has 1 aromatic heterocycles. The van der Waals surface area contributed by atoms with Gasteiger partial charge in [-0.3, -0.25) is 10.1 Å². The van der Waals surface area contributed by atoms with Crippen molar-refractivity contribution in [3.05, 3.63) is 51.7 Å². The van der Waals surface area contributed by atoms with E-state index in [9.17, 15) is 24.0 Å². The first-order chi connectivity index (χ1) is 14.8. The zero-order valence-corrected chi connectivity index (χ0v) is 17.6. The summed E-state index contributed by atoms with van der Waals surface area (Å²) in [6.45, 7) is 6.25. The van der Waals surface area contributed by atoms with Crippen LogP contribution in [-0.2, 0) is 14.2 Å². The van der Waals surface area contributed by atoms with Crippen molar-refractivity contribution in [2.45, 2.75) is 27.7 Å². The summed E-state index contributed by atoms with van der Waals surface area (Å²) in [6, 6.07) is 5.69. The molecule has 31 heavy (non-hydrogen) atoms. The molecule has 166 valence electrons. The van der Waals surface area contributed by atoms with E-state index in [2.05, 4.69) is 5.32 Å². The van der Waals surface area contributed by atoms with Gasteiger partial charge < -0.3 is 14.2 Å². The minimum atomic E-state index is -1.09. The second kappa shape index (κ2) is 10.2. The molecule has 2 aromatic rings. The molecule has 0 atom stereocenters. The summed E-state index contributed by atoms with van der Waals surface area (Å²) in [7, 11) is 0. The minimum absolute atomic E-state index is 0.00644. The van der Waals surface area contributed by atoms with Gasteiger partial charge in [-0.25, -0.2) is 19.2 Å². The molecule has 2 rings (SSSR count). The molecule has 1 heterocycles. The molecule has 0 radical (unpaired) electrons. The molecule has 11 nitrogen and oxygen atoms in total. The number of hydrogen-bond donors (Lipinski definition) is 1. The molecular weight excluding hydrogens is 410 g/mol. The zero-order valence-electron chi connectivity index (χ0n) is 17.6. The number of rotatable bonds is 6. The number of nitrogens with zero attached hydrogens (tertiary/aromatic N) is 2. The summed E-state index contributed by atoms with van der Waals surface area (Å²) < 4.78 is 15.6. The van der Waals surface area contributed by atoms with E-state index in [1.54, 1.807) is 13.8 Å². The van der Waals surface area contributed by atoms with Gasteiger partial charge in [0.15, 0.2) is 0 Å². The highest BCUT2D eigenvalue weighted by Crippen LogP contribution is 2.17. The third-order valence-electron chi connectivity index (χ3n) is 4.07. The van der Waals surface area contributed by atoms with Gasteiger partial charge >= 0.3 is 24.0 Å². The fourth-order valence-corrected chi connectivity index (χ4v) is 2.76. The lowest BCUT2D eigenvalue weighted by atomic mass is 10.1. The second-order valence-corrected chi connectivity index (χ2v) is 6.04. The zero-order chi connectivity index (χ0) is 23.1. The summed E-state index contributed by atoms with van der Waals surface area (Å²) in [5.74, 6) is -0.701. The van der Waals surface area contributed by atoms with E-state index in [1.165, 1.54) is 38.1 Å². The molecule has 0 aliphatic rings. The average Bonchev–Trinajstić information content (AvgIpc) is 2.98. The van der Waals surface area contributed by atoms with Crippen LogP contribution >= 0.6 is 0 Å². The van der Waals surface area contributed by atoms with Gasteiger partial charge in [0.25, 0.3) is 0 Å². The van der Waals surface area contributed by atoms with Gasteiger partial charge in [-0.05, 0) is 52.0 Å². The molecule has 0 fully saturated rings. The number of ketones is 1. The number of imidazole rings is 1. The number of carbonyl (C=O) groups excluding carboxylic acids is 4. The van der Waals surface area contributed by atoms with E-state index in [4.69, 9.17) is 14.2 Å². The Morgan fingerprint density at radius 2 is 1.35 bits per heavy atom. The molecule has 1 N–H and O–H groups in total. The maximum absolute atomic E-state index is 13.1. The van der Waals surface area contributed by atoms with E-state index in [0.29, 0.717) is 14.8 Å². The lowest BCUT2D eigenvalue weighted by Gasteiger charge is -2.08. The number of anilines is 1. The van der Waals surface area contributed by atoms with Crippen LogP contribution < -0.4 is 11.0 Å². The summed E-state index contributed by atoms with van der Waals surface area (Å²) >= 11 is 0. The van der Waals surface area contributed by atoms with Gasteiger partial charge in [-0.15, -0.1) is 0 Å². The maximum atomic E-state index is 13.1. The van der Waals surface area contributed by atoms with Gasteiger partial charge in [0, 0.05) is 11.3 Å². The van der Waals surface area contributed by atoms with Crippen LogP contribution in [-0.4, -0.2) is 53.0 Å². The minimum Gasteiger partial charge on any atom is -0.450 e. The number of hydrogen-bond acceptors (Lipinski definition) is 8. The van der Waals surface area contributed by atoms with Crippen LogP contribution in [0.25, 0.3) is 0 Å². The van der Waals surface area contributed by atoms with E-state index < -0.39 is 29.8 Å². The van der Waals surface area contributed by atoms with E-state index in [-0.39, 0.29) is 36.8 Å². The fraction of sp³-hybridized carbons (Fsp3) is 0.350. The van der Waals surface area contributed by atoms with Crippen LogP contribution in [0.5, 0.6) is 0 Å². The molecule has 0 bridgehead atoms. The molecule has 1 aromatic carbocycles. The third-order valence-corrected chi connectivity index (χ3v) is 4.07. The summed E-state index contributed by atoms with van der Waals surface area (Å²) in [4.78, 5) is 61.9. The summed E-state index contributed by atoms with van der Waals surface area (Å²) in [5.41, 5.74) is -0.994. The van der Waals surface area contributed by atoms with Crippen molar-refractivity contribution in [2.75, 3.05) is 25.1 Å². The first-order valence-electron chi connectivity index (χ1n) is 9.53. The van der Waals surface area contributed by atoms with Gasteiger partial charge in [0.05, 0.1) is 25.5 Å². The van der Waals surface area contributed by atoms with Crippen molar-refractivity contribution in [2.24, 2.45) is 0 Å². The molecule has 0 spiro atoms. The topological polar surface area (TPSA) is 135 Å². The molecule has 0 aliphatic heterocycles. The number of ether oxygens (including phenoxy) is 3. The Morgan fingerprint density at radius 3 is 1.87 bits per heavy atom. The highest BCUT2D eigenvalue weighted by Gasteiger charge is 2.31. The normalized spacial score (nSPS) is 10.3. The smallest absolute Gasteiger partial charge is 0.422 e. The Labute approximate surface area is 177 Å². The number of aromatic nitrogens is 2. The van der Waals surface area contributed by atoms with E-state index >= 15 is 0 Å².